The molecule has 0 atom stereocenters. The zero-order valence-electron chi connectivity index (χ0n) is 14.6. The summed E-state index contributed by atoms with van der Waals surface area (Å²) >= 11 is 0. The van der Waals surface area contributed by atoms with Crippen molar-refractivity contribution in [2.24, 2.45) is 0 Å². The van der Waals surface area contributed by atoms with Crippen molar-refractivity contribution in [3.8, 4) is 5.75 Å². The number of piperidine rings is 1. The van der Waals surface area contributed by atoms with Crippen molar-refractivity contribution in [3.63, 3.8) is 0 Å². The highest BCUT2D eigenvalue weighted by Gasteiger charge is 2.37. The number of nitrogens with zero attached hydrogens (tertiary/aromatic N) is 1. The quantitative estimate of drug-likeness (QED) is 0.857. The monoisotopic (exact) mass is 365 g/mol. The topological polar surface area (TPSA) is 43.7 Å². The van der Waals surface area contributed by atoms with E-state index in [1.807, 2.05) is 19.1 Å². The molecule has 0 spiro atoms. The van der Waals surface area contributed by atoms with Crippen molar-refractivity contribution in [3.05, 3.63) is 64.7 Å². The van der Waals surface area contributed by atoms with Gasteiger partial charge in [0, 0.05) is 19.6 Å². The Morgan fingerprint density at radius 1 is 1.08 bits per heavy atom. The van der Waals surface area contributed by atoms with E-state index in [0.717, 1.165) is 23.3 Å². The zero-order chi connectivity index (χ0) is 18.9. The summed E-state index contributed by atoms with van der Waals surface area (Å²) in [6.45, 7) is 3.69. The molecule has 2 aromatic rings. The molecule has 1 fully saturated rings. The highest BCUT2D eigenvalue weighted by atomic mass is 19.4. The number of hydrogen-bond acceptors (Lipinski definition) is 3. The molecular weight excluding hydrogens is 343 g/mol. The van der Waals surface area contributed by atoms with Crippen molar-refractivity contribution in [1.29, 1.82) is 0 Å². The second kappa shape index (κ2) is 6.93. The number of likely N-dealkylation sites (tertiary alicyclic amines) is 1. The average Bonchev–Trinajstić information content (AvgIpc) is 2.60. The van der Waals surface area contributed by atoms with Crippen LogP contribution in [0.4, 0.5) is 13.2 Å². The minimum Gasteiger partial charge on any atom is -0.508 e. The summed E-state index contributed by atoms with van der Waals surface area (Å²) in [5.41, 5.74) is 0.227. The van der Waals surface area contributed by atoms with Crippen LogP contribution in [0.15, 0.2) is 42.5 Å². The molecular formula is C20H22F3NO2. The van der Waals surface area contributed by atoms with Crippen LogP contribution >= 0.6 is 0 Å². The van der Waals surface area contributed by atoms with Gasteiger partial charge < -0.3 is 10.2 Å². The number of phenols is 1. The summed E-state index contributed by atoms with van der Waals surface area (Å²) in [7, 11) is 0. The molecule has 2 aromatic carbocycles. The Morgan fingerprint density at radius 3 is 2.38 bits per heavy atom. The van der Waals surface area contributed by atoms with Crippen LogP contribution in [0, 0.1) is 6.92 Å². The normalized spacial score (nSPS) is 18.0. The Bertz CT molecular complexity index is 781. The predicted molar refractivity (Wildman–Crippen MR) is 92.7 cm³/mol. The Balaban J connectivity index is 1.68. The number of benzene rings is 2. The van der Waals surface area contributed by atoms with E-state index in [2.05, 4.69) is 4.90 Å². The van der Waals surface area contributed by atoms with Gasteiger partial charge in [0.25, 0.3) is 0 Å². The van der Waals surface area contributed by atoms with Gasteiger partial charge in [-0.3, -0.25) is 4.90 Å². The van der Waals surface area contributed by atoms with Crippen LogP contribution in [0.5, 0.6) is 5.75 Å². The lowest BCUT2D eigenvalue weighted by Crippen LogP contribution is -2.42. The third-order valence-electron chi connectivity index (χ3n) is 5.08. The predicted octanol–water partition coefficient (Wildman–Crippen LogP) is 4.20. The number of alkyl halides is 3. The molecule has 1 aliphatic rings. The van der Waals surface area contributed by atoms with Crippen molar-refractivity contribution in [2.45, 2.75) is 38.1 Å². The summed E-state index contributed by atoms with van der Waals surface area (Å²) < 4.78 is 38.8. The minimum absolute atomic E-state index is 0.256. The van der Waals surface area contributed by atoms with Gasteiger partial charge in [0.1, 0.15) is 5.75 Å². The smallest absolute Gasteiger partial charge is 0.416 e. The lowest BCUT2D eigenvalue weighted by molar-refractivity contribution is -0.137. The first-order chi connectivity index (χ1) is 12.2. The first-order valence-corrected chi connectivity index (χ1v) is 8.58. The first kappa shape index (κ1) is 18.7. The molecule has 1 heterocycles. The molecule has 0 aromatic heterocycles. The summed E-state index contributed by atoms with van der Waals surface area (Å²) in [6.07, 6.45) is -3.65. The van der Waals surface area contributed by atoms with Crippen LogP contribution in [0.1, 0.15) is 35.1 Å². The second-order valence-corrected chi connectivity index (χ2v) is 7.01. The second-order valence-electron chi connectivity index (χ2n) is 7.01. The Kier molecular flexibility index (Phi) is 4.99. The van der Waals surface area contributed by atoms with Crippen LogP contribution < -0.4 is 0 Å². The third kappa shape index (κ3) is 4.02. The van der Waals surface area contributed by atoms with Gasteiger partial charge in [-0.05, 0) is 54.7 Å². The van der Waals surface area contributed by atoms with Crippen LogP contribution in [-0.2, 0) is 18.3 Å². The molecule has 2 N–H and O–H groups in total. The number of phenolic OH excluding ortho intramolecular Hbond substituents is 1. The number of aryl methyl sites for hydroxylation is 1. The lowest BCUT2D eigenvalue weighted by atomic mass is 9.83. The summed E-state index contributed by atoms with van der Waals surface area (Å²) in [4.78, 5) is 2.16. The van der Waals surface area contributed by atoms with Gasteiger partial charge in [-0.2, -0.15) is 13.2 Å². The summed E-state index contributed by atoms with van der Waals surface area (Å²) in [5, 5.41) is 20.5. The molecule has 3 rings (SSSR count). The van der Waals surface area contributed by atoms with Gasteiger partial charge in [-0.15, -0.1) is 0 Å². The van der Waals surface area contributed by atoms with Gasteiger partial charge in [-0.25, -0.2) is 0 Å². The molecule has 140 valence electrons. The van der Waals surface area contributed by atoms with E-state index in [1.54, 1.807) is 12.1 Å². The van der Waals surface area contributed by atoms with Crippen molar-refractivity contribution < 1.29 is 23.4 Å². The molecule has 0 saturated carbocycles. The molecule has 0 bridgehead atoms. The molecule has 0 unspecified atom stereocenters. The third-order valence-corrected chi connectivity index (χ3v) is 5.08. The van der Waals surface area contributed by atoms with Crippen LogP contribution in [-0.4, -0.2) is 28.2 Å². The lowest BCUT2D eigenvalue weighted by Gasteiger charge is -2.38. The number of aromatic hydroxyl groups is 1. The molecule has 1 saturated heterocycles. The number of aliphatic hydroxyl groups is 1. The molecule has 0 aliphatic carbocycles. The molecule has 1 aliphatic heterocycles. The summed E-state index contributed by atoms with van der Waals surface area (Å²) in [5.74, 6) is 0.256. The standard InChI is InChI=1S/C20H22F3NO2/c1-14-11-15(5-6-18(14)25)13-24-9-7-19(26,8-10-24)16-3-2-4-17(12-16)20(21,22)23/h2-6,11-12,25-26H,7-10,13H2,1H3. The highest BCUT2D eigenvalue weighted by Crippen LogP contribution is 2.37. The Hall–Kier alpha value is -2.05. The van der Waals surface area contributed by atoms with E-state index in [4.69, 9.17) is 0 Å². The van der Waals surface area contributed by atoms with E-state index in [9.17, 15) is 23.4 Å². The maximum absolute atomic E-state index is 12.9. The average molecular weight is 365 g/mol. The van der Waals surface area contributed by atoms with Gasteiger partial charge in [0.2, 0.25) is 0 Å². The van der Waals surface area contributed by atoms with Gasteiger partial charge in [0.15, 0.2) is 0 Å². The van der Waals surface area contributed by atoms with Gasteiger partial charge in [-0.1, -0.05) is 24.3 Å². The fourth-order valence-electron chi connectivity index (χ4n) is 3.43. The van der Waals surface area contributed by atoms with E-state index in [0.29, 0.717) is 38.0 Å². The largest absolute Gasteiger partial charge is 0.508 e. The van der Waals surface area contributed by atoms with E-state index < -0.39 is 17.3 Å². The van der Waals surface area contributed by atoms with E-state index in [-0.39, 0.29) is 5.75 Å². The molecule has 0 radical (unpaired) electrons. The van der Waals surface area contributed by atoms with Crippen LogP contribution in [0.2, 0.25) is 0 Å². The number of halogens is 3. The van der Waals surface area contributed by atoms with Crippen LogP contribution in [0.3, 0.4) is 0 Å². The molecule has 0 amide bonds. The number of rotatable bonds is 3. The fourth-order valence-corrected chi connectivity index (χ4v) is 3.43. The van der Waals surface area contributed by atoms with Gasteiger partial charge in [0.05, 0.1) is 11.2 Å². The Morgan fingerprint density at radius 2 is 1.77 bits per heavy atom. The van der Waals surface area contributed by atoms with E-state index >= 15 is 0 Å². The van der Waals surface area contributed by atoms with Crippen molar-refractivity contribution in [1.82, 2.24) is 4.90 Å². The first-order valence-electron chi connectivity index (χ1n) is 8.58. The highest BCUT2D eigenvalue weighted by molar-refractivity contribution is 5.35. The number of hydrogen-bond donors (Lipinski definition) is 2. The summed E-state index contributed by atoms with van der Waals surface area (Å²) in [6, 6.07) is 10.4. The van der Waals surface area contributed by atoms with Gasteiger partial charge >= 0.3 is 6.18 Å². The van der Waals surface area contributed by atoms with E-state index in [1.165, 1.54) is 6.07 Å². The zero-order valence-corrected chi connectivity index (χ0v) is 14.6. The molecule has 3 nitrogen and oxygen atoms in total. The minimum atomic E-state index is -4.41. The maximum Gasteiger partial charge on any atom is 0.416 e. The molecule has 6 heteroatoms. The fraction of sp³-hybridized carbons (Fsp3) is 0.400. The Labute approximate surface area is 150 Å². The van der Waals surface area contributed by atoms with Crippen LogP contribution in [0.25, 0.3) is 0 Å². The SMILES string of the molecule is Cc1cc(CN2CCC(O)(c3cccc(C(F)(F)F)c3)CC2)ccc1O. The maximum atomic E-state index is 12.9. The molecule has 26 heavy (non-hydrogen) atoms. The van der Waals surface area contributed by atoms with Crippen molar-refractivity contribution in [2.75, 3.05) is 13.1 Å². The van der Waals surface area contributed by atoms with Crippen molar-refractivity contribution >= 4 is 0 Å².